The first-order valence-electron chi connectivity index (χ1n) is 21.0. The Balaban J connectivity index is 1.71. The summed E-state index contributed by atoms with van der Waals surface area (Å²) in [5.41, 5.74) is 4.78. The van der Waals surface area contributed by atoms with Crippen LogP contribution in [-0.4, -0.2) is 86.6 Å². The van der Waals surface area contributed by atoms with Crippen molar-refractivity contribution < 1.29 is 16.5 Å². The van der Waals surface area contributed by atoms with Crippen LogP contribution < -0.4 is 40.3 Å². The molecule has 304 valence electrons. The van der Waals surface area contributed by atoms with Crippen LogP contribution in [0.2, 0.25) is 26.2 Å². The summed E-state index contributed by atoms with van der Waals surface area (Å²) >= 11 is 0. The molecular weight excluding hydrogens is 761 g/mol. The minimum absolute atomic E-state index is 0.946. The average molecular weight is 829 g/mol. The summed E-state index contributed by atoms with van der Waals surface area (Å²) in [4.78, 5) is 9.48. The number of hydrogen-bond donors (Lipinski definition) is 0. The van der Waals surface area contributed by atoms with Crippen LogP contribution in [0.5, 0.6) is 0 Å². The van der Waals surface area contributed by atoms with Crippen LogP contribution in [0.15, 0.2) is 97.1 Å². The van der Waals surface area contributed by atoms with Crippen LogP contribution in [0.1, 0.15) is 55.4 Å². The van der Waals surface area contributed by atoms with Gasteiger partial charge in [0.2, 0.25) is 0 Å². The Hall–Kier alpha value is -3.21. The van der Waals surface area contributed by atoms with Gasteiger partial charge in [0.15, 0.2) is 0 Å². The molecule has 0 radical (unpaired) electrons. The lowest BCUT2D eigenvalue weighted by atomic mass is 10.3. The molecule has 5 rings (SSSR count). The molecule has 0 spiro atoms. The van der Waals surface area contributed by atoms with Gasteiger partial charge in [-0.05, 0) is 151 Å². The maximum Gasteiger partial charge on any atom is 0.352 e. The second-order valence-electron chi connectivity index (χ2n) is 15.1. The van der Waals surface area contributed by atoms with E-state index in [0.29, 0.717) is 0 Å². The molecule has 1 heterocycles. The van der Waals surface area contributed by atoms with E-state index in [9.17, 15) is 0 Å². The van der Waals surface area contributed by atoms with E-state index >= 15 is 0 Å². The van der Waals surface area contributed by atoms with Crippen molar-refractivity contribution in [1.29, 1.82) is 0 Å². The number of nitrogens with zero attached hydrogens (tertiary/aromatic N) is 4. The monoisotopic (exact) mass is 828 g/mol. The third-order valence-corrected chi connectivity index (χ3v) is 29.6. The lowest BCUT2D eigenvalue weighted by Gasteiger charge is -2.50. The van der Waals surface area contributed by atoms with Crippen molar-refractivity contribution in [3.8, 4) is 0 Å². The highest BCUT2D eigenvalue weighted by atomic mass is 28.5. The summed E-state index contributed by atoms with van der Waals surface area (Å²) in [6, 6.07) is 35.6. The van der Waals surface area contributed by atoms with Gasteiger partial charge in [0.05, 0.1) is 0 Å². The van der Waals surface area contributed by atoms with Crippen molar-refractivity contribution >= 4 is 77.7 Å². The van der Waals surface area contributed by atoms with Gasteiger partial charge < -0.3 is 36.1 Å². The topological polar surface area (TPSA) is 49.9 Å². The third-order valence-electron chi connectivity index (χ3n) is 11.6. The summed E-state index contributed by atoms with van der Waals surface area (Å²) in [5, 5.41) is 4.30. The first-order valence-corrected chi connectivity index (χ1v) is 30.3. The molecule has 0 saturated carbocycles. The van der Waals surface area contributed by atoms with Gasteiger partial charge in [0.1, 0.15) is 0 Å². The average Bonchev–Trinajstić information content (AvgIpc) is 3.20. The summed E-state index contributed by atoms with van der Waals surface area (Å²) in [5.74, 6) is 0. The fraction of sp³-hybridized carbons (Fsp3) is 0.455. The predicted octanol–water partition coefficient (Wildman–Crippen LogP) is 7.37. The molecule has 1 aliphatic heterocycles. The van der Waals surface area contributed by atoms with Gasteiger partial charge in [0, 0.05) is 75.1 Å². The standard InChI is InChI=1S/C44H68N4O4Si4/c1-13-45(14-2)37-21-29-41(30-22-37)53(9)49-54(10,42-31-23-38(24-32-42)46(15-3)16-4)51-56(12,44-35-27-40(28-36-44)48(19-7)20-8)52-55(11,50-53)43-33-25-39(26-34-43)47(17-5)18-6/h21-36H,13-20H2,1-12H3. The first-order chi connectivity index (χ1) is 26.8. The van der Waals surface area contributed by atoms with Crippen LogP contribution in [0.3, 0.4) is 0 Å². The van der Waals surface area contributed by atoms with Gasteiger partial charge in [0.25, 0.3) is 0 Å². The Morgan fingerprint density at radius 3 is 0.554 bits per heavy atom. The number of rotatable bonds is 16. The van der Waals surface area contributed by atoms with E-state index in [0.717, 1.165) is 73.1 Å². The summed E-state index contributed by atoms with van der Waals surface area (Å²) in [6.45, 7) is 34.0. The van der Waals surface area contributed by atoms with Crippen LogP contribution in [0, 0.1) is 0 Å². The predicted molar refractivity (Wildman–Crippen MR) is 249 cm³/mol. The summed E-state index contributed by atoms with van der Waals surface area (Å²) in [7, 11) is -13.0. The van der Waals surface area contributed by atoms with Crippen molar-refractivity contribution in [3.05, 3.63) is 97.1 Å². The van der Waals surface area contributed by atoms with Crippen molar-refractivity contribution in [1.82, 2.24) is 0 Å². The smallest absolute Gasteiger partial charge is 0.352 e. The third kappa shape index (κ3) is 9.23. The number of hydrogen-bond acceptors (Lipinski definition) is 8. The molecule has 8 nitrogen and oxygen atoms in total. The van der Waals surface area contributed by atoms with Gasteiger partial charge >= 0.3 is 34.2 Å². The molecule has 4 aromatic carbocycles. The fourth-order valence-corrected chi connectivity index (χ4v) is 29.2. The SMILES string of the molecule is CCN(CC)c1ccc([Si]2(C)O[Si](C)(c3ccc(N(CC)CC)cc3)O[Si](C)(c3ccc(N(CC)CC)cc3)O[Si](C)(c3ccc(N(CC)CC)cc3)O2)cc1. The van der Waals surface area contributed by atoms with E-state index in [-0.39, 0.29) is 0 Å². The zero-order chi connectivity index (χ0) is 40.7. The molecular formula is C44H68N4O4Si4. The number of benzene rings is 4. The van der Waals surface area contributed by atoms with E-state index in [1.165, 1.54) is 22.7 Å². The van der Waals surface area contributed by atoms with Crippen molar-refractivity contribution in [2.24, 2.45) is 0 Å². The molecule has 4 aromatic rings. The molecule has 1 aliphatic rings. The summed E-state index contributed by atoms with van der Waals surface area (Å²) in [6.07, 6.45) is 0. The van der Waals surface area contributed by atoms with Crippen molar-refractivity contribution in [2.75, 3.05) is 72.0 Å². The quantitative estimate of drug-likeness (QED) is 0.109. The number of anilines is 4. The van der Waals surface area contributed by atoms with Gasteiger partial charge in [-0.3, -0.25) is 0 Å². The van der Waals surface area contributed by atoms with Gasteiger partial charge in [-0.25, -0.2) is 0 Å². The zero-order valence-electron chi connectivity index (χ0n) is 36.3. The van der Waals surface area contributed by atoms with Crippen LogP contribution >= 0.6 is 0 Å². The largest absolute Gasteiger partial charge is 0.409 e. The van der Waals surface area contributed by atoms with Gasteiger partial charge in [-0.1, -0.05) is 48.5 Å². The van der Waals surface area contributed by atoms with Crippen LogP contribution in [-0.2, 0) is 16.5 Å². The van der Waals surface area contributed by atoms with E-state index in [4.69, 9.17) is 16.5 Å². The molecule has 1 saturated heterocycles. The summed E-state index contributed by atoms with van der Waals surface area (Å²) < 4.78 is 31.0. The molecule has 0 unspecified atom stereocenters. The highest BCUT2D eigenvalue weighted by Crippen LogP contribution is 2.33. The molecule has 0 amide bonds. The van der Waals surface area contributed by atoms with Gasteiger partial charge in [-0.15, -0.1) is 0 Å². The molecule has 0 aliphatic carbocycles. The maximum atomic E-state index is 7.75. The fourth-order valence-electron chi connectivity index (χ4n) is 8.30. The molecule has 0 N–H and O–H groups in total. The highest BCUT2D eigenvalue weighted by molar-refractivity contribution is 7.05. The van der Waals surface area contributed by atoms with Crippen molar-refractivity contribution in [3.63, 3.8) is 0 Å². The molecule has 1 fully saturated rings. The van der Waals surface area contributed by atoms with E-state index < -0.39 is 34.2 Å². The van der Waals surface area contributed by atoms with E-state index in [2.05, 4.69) is 198 Å². The Morgan fingerprint density at radius 1 is 0.286 bits per heavy atom. The molecule has 12 heteroatoms. The van der Waals surface area contributed by atoms with E-state index in [1.807, 2.05) is 0 Å². The normalized spacial score (nSPS) is 23.9. The van der Waals surface area contributed by atoms with Crippen molar-refractivity contribution in [2.45, 2.75) is 81.6 Å². The molecule has 0 atom stereocenters. The Morgan fingerprint density at radius 2 is 0.429 bits per heavy atom. The minimum Gasteiger partial charge on any atom is -0.409 e. The molecule has 0 aromatic heterocycles. The Labute approximate surface area is 343 Å². The minimum atomic E-state index is -3.26. The zero-order valence-corrected chi connectivity index (χ0v) is 40.3. The molecule has 0 bridgehead atoms. The highest BCUT2D eigenvalue weighted by Gasteiger charge is 2.59. The van der Waals surface area contributed by atoms with Gasteiger partial charge in [-0.2, -0.15) is 0 Å². The van der Waals surface area contributed by atoms with Crippen LogP contribution in [0.25, 0.3) is 0 Å². The van der Waals surface area contributed by atoms with Crippen LogP contribution in [0.4, 0.5) is 22.7 Å². The maximum absolute atomic E-state index is 7.75. The second kappa shape index (κ2) is 18.6. The molecule has 56 heavy (non-hydrogen) atoms. The second-order valence-corrected chi connectivity index (χ2v) is 28.2. The first kappa shape index (κ1) is 43.9. The Kier molecular flexibility index (Phi) is 14.6. The lowest BCUT2D eigenvalue weighted by Crippen LogP contribution is -2.77. The lowest BCUT2D eigenvalue weighted by molar-refractivity contribution is 0.253. The van der Waals surface area contributed by atoms with E-state index in [1.54, 1.807) is 0 Å². The Bertz CT molecular complexity index is 1540.